The molecule has 0 fully saturated rings. The Kier molecular flexibility index (Phi) is 13.7. The van der Waals surface area contributed by atoms with Crippen LogP contribution in [-0.2, 0) is 42.3 Å². The second-order valence-electron chi connectivity index (χ2n) is 14.3. The second-order valence-corrected chi connectivity index (χ2v) is 16.0. The Hall–Kier alpha value is -5.60. The van der Waals surface area contributed by atoms with Crippen LogP contribution < -0.4 is 15.4 Å². The van der Waals surface area contributed by atoms with E-state index in [0.717, 1.165) is 10.9 Å². The van der Waals surface area contributed by atoms with Gasteiger partial charge in [-0.25, -0.2) is 13.2 Å². The molecule has 0 spiro atoms. The molecule has 0 aliphatic heterocycles. The highest BCUT2D eigenvalue weighted by Gasteiger charge is 2.31. The second kappa shape index (κ2) is 18.6. The number of hydrogen-bond acceptors (Lipinski definition) is 9. The third-order valence-corrected chi connectivity index (χ3v) is 10.2. The highest BCUT2D eigenvalue weighted by atomic mass is 32.2. The summed E-state index contributed by atoms with van der Waals surface area (Å²) in [5.41, 5.74) is 2.63. The van der Waals surface area contributed by atoms with E-state index >= 15 is 0 Å². The van der Waals surface area contributed by atoms with Gasteiger partial charge < -0.3 is 24.7 Å². The monoisotopic (exact) mass is 769 g/mol. The predicted octanol–water partition coefficient (Wildman–Crippen LogP) is 5.73. The van der Waals surface area contributed by atoms with Crippen molar-refractivity contribution in [2.75, 3.05) is 13.1 Å². The van der Waals surface area contributed by atoms with E-state index < -0.39 is 58.9 Å². The quantitative estimate of drug-likeness (QED) is 0.101. The molecule has 0 unspecified atom stereocenters. The summed E-state index contributed by atoms with van der Waals surface area (Å²) in [5.74, 6) is -1.77. The molecule has 2 aromatic heterocycles. The van der Waals surface area contributed by atoms with Crippen molar-refractivity contribution in [3.63, 3.8) is 0 Å². The van der Waals surface area contributed by atoms with Crippen LogP contribution in [0.2, 0.25) is 0 Å². The molecular weight excluding hydrogens is 723 g/mol. The molecule has 0 bridgehead atoms. The van der Waals surface area contributed by atoms with E-state index in [2.05, 4.69) is 20.3 Å². The number of furan rings is 1. The summed E-state index contributed by atoms with van der Waals surface area (Å²) in [6.45, 7) is 6.70. The number of benzene rings is 3. The van der Waals surface area contributed by atoms with Crippen LogP contribution in [0.5, 0.6) is 0 Å². The smallest absolute Gasteiger partial charge is 0.408 e. The summed E-state index contributed by atoms with van der Waals surface area (Å²) >= 11 is 0. The van der Waals surface area contributed by atoms with Crippen LogP contribution in [0, 0.1) is 11.8 Å². The molecule has 5 aromatic rings. The van der Waals surface area contributed by atoms with Gasteiger partial charge in [-0.2, -0.15) is 4.72 Å². The maximum absolute atomic E-state index is 14.0. The van der Waals surface area contributed by atoms with Crippen molar-refractivity contribution in [3.8, 4) is 0 Å². The maximum atomic E-state index is 14.0. The molecule has 0 aliphatic rings. The number of nitrogens with one attached hydrogen (secondary N) is 3. The number of sulfonamides is 1. The van der Waals surface area contributed by atoms with Gasteiger partial charge in [0.25, 0.3) is 0 Å². The summed E-state index contributed by atoms with van der Waals surface area (Å²) in [7, 11) is -4.18. The first-order valence-corrected chi connectivity index (χ1v) is 19.6. The van der Waals surface area contributed by atoms with Crippen LogP contribution in [0.1, 0.15) is 51.7 Å². The summed E-state index contributed by atoms with van der Waals surface area (Å²) in [4.78, 5) is 59.2. The fraction of sp³-hybridized carbons (Fsp3) is 0.341. The van der Waals surface area contributed by atoms with Crippen LogP contribution in [0.25, 0.3) is 21.9 Å². The molecule has 3 aromatic carbocycles. The van der Waals surface area contributed by atoms with Gasteiger partial charge in [-0.05, 0) is 72.2 Å². The molecule has 5 rings (SSSR count). The molecule has 3 N–H and O–H groups in total. The Morgan fingerprint density at radius 3 is 2.15 bits per heavy atom. The lowest BCUT2D eigenvalue weighted by atomic mass is 10.0. The number of fused-ring (bicyclic) bond motifs is 3. The van der Waals surface area contributed by atoms with E-state index in [1.54, 1.807) is 36.7 Å². The molecule has 3 amide bonds. The first-order chi connectivity index (χ1) is 26.3. The SMILES string of the molecule is CC(C)C[C@H](NS(=O)(=O)c1ccc2oc3ccccc3c2c1)C(=O)NCC(=O)CN(Cc1ccncc1)C(=O)[C@H](CC(C)C)NC(=O)OCc1ccccc1. The Bertz CT molecular complexity index is 2210. The zero-order valence-corrected chi connectivity index (χ0v) is 32.2. The molecule has 0 aliphatic carbocycles. The van der Waals surface area contributed by atoms with E-state index in [1.807, 2.05) is 76.2 Å². The lowest BCUT2D eigenvalue weighted by Crippen LogP contribution is -2.52. The molecule has 2 atom stereocenters. The standard InChI is InChI=1S/C41H47N5O8S/c1-27(2)20-35(45-55(51,52)32-14-15-38-34(22-32)33-12-8-9-13-37(33)54-38)39(48)43-23-31(47)25-46(24-29-16-18-42-19-17-29)40(49)36(21-28(3)4)44-41(50)53-26-30-10-6-5-7-11-30/h5-19,22,27-28,35-36,45H,20-21,23-26H2,1-4H3,(H,43,48)(H,44,50)/t35-,36-/m0/s1. The summed E-state index contributed by atoms with van der Waals surface area (Å²) in [6.07, 6.45) is 2.79. The highest BCUT2D eigenvalue weighted by Crippen LogP contribution is 2.30. The molecule has 290 valence electrons. The van der Waals surface area contributed by atoms with Gasteiger partial charge in [0.1, 0.15) is 29.9 Å². The number of ketones is 1. The van der Waals surface area contributed by atoms with Gasteiger partial charge >= 0.3 is 6.09 Å². The van der Waals surface area contributed by atoms with Gasteiger partial charge in [-0.1, -0.05) is 76.2 Å². The minimum atomic E-state index is -4.18. The zero-order chi connectivity index (χ0) is 39.5. The van der Waals surface area contributed by atoms with Crippen molar-refractivity contribution >= 4 is 55.7 Å². The molecule has 14 heteroatoms. The fourth-order valence-corrected chi connectivity index (χ4v) is 7.36. The van der Waals surface area contributed by atoms with Crippen LogP contribution in [-0.4, -0.2) is 67.2 Å². The van der Waals surface area contributed by atoms with Crippen molar-refractivity contribution < 1.29 is 36.7 Å². The normalized spacial score (nSPS) is 12.8. The molecule has 0 saturated heterocycles. The fourth-order valence-electron chi connectivity index (χ4n) is 6.13. The van der Waals surface area contributed by atoms with Crippen molar-refractivity contribution in [2.24, 2.45) is 11.8 Å². The molecular formula is C41H47N5O8S. The highest BCUT2D eigenvalue weighted by molar-refractivity contribution is 7.89. The van der Waals surface area contributed by atoms with Gasteiger partial charge in [0.2, 0.25) is 21.8 Å². The maximum Gasteiger partial charge on any atom is 0.408 e. The number of hydrogen-bond donors (Lipinski definition) is 3. The zero-order valence-electron chi connectivity index (χ0n) is 31.4. The Labute approximate surface area is 320 Å². The Morgan fingerprint density at radius 1 is 0.782 bits per heavy atom. The average Bonchev–Trinajstić information content (AvgIpc) is 3.53. The third-order valence-electron chi connectivity index (χ3n) is 8.75. The third kappa shape index (κ3) is 11.4. The van der Waals surface area contributed by atoms with E-state index in [1.165, 1.54) is 17.0 Å². The van der Waals surface area contributed by atoms with Gasteiger partial charge in [0, 0.05) is 29.7 Å². The van der Waals surface area contributed by atoms with Crippen LogP contribution >= 0.6 is 0 Å². The van der Waals surface area contributed by atoms with Crippen molar-refractivity contribution in [3.05, 3.63) is 108 Å². The lowest BCUT2D eigenvalue weighted by Gasteiger charge is -2.28. The van der Waals surface area contributed by atoms with Gasteiger partial charge in [-0.15, -0.1) is 0 Å². The van der Waals surface area contributed by atoms with Gasteiger partial charge in [0.05, 0.1) is 18.0 Å². The number of alkyl carbamates (subject to hydrolysis) is 1. The largest absolute Gasteiger partial charge is 0.456 e. The topological polar surface area (TPSA) is 177 Å². The van der Waals surface area contributed by atoms with E-state index in [4.69, 9.17) is 9.15 Å². The number of nitrogens with zero attached hydrogens (tertiary/aromatic N) is 2. The molecule has 0 saturated carbocycles. The number of ether oxygens (including phenoxy) is 1. The molecule has 0 radical (unpaired) electrons. The lowest BCUT2D eigenvalue weighted by molar-refractivity contribution is -0.138. The van der Waals surface area contributed by atoms with E-state index in [9.17, 15) is 27.6 Å². The van der Waals surface area contributed by atoms with Gasteiger partial charge in [-0.3, -0.25) is 19.4 Å². The number of rotatable bonds is 18. The summed E-state index contributed by atoms with van der Waals surface area (Å²) in [6, 6.07) is 22.2. The predicted molar refractivity (Wildman–Crippen MR) is 208 cm³/mol. The van der Waals surface area contributed by atoms with Gasteiger partial charge in [0.15, 0.2) is 5.78 Å². The first-order valence-electron chi connectivity index (χ1n) is 18.2. The number of amides is 3. The molecule has 2 heterocycles. The number of para-hydroxylation sites is 1. The minimum Gasteiger partial charge on any atom is -0.456 e. The Morgan fingerprint density at radius 2 is 1.44 bits per heavy atom. The van der Waals surface area contributed by atoms with Crippen LogP contribution in [0.3, 0.4) is 0 Å². The van der Waals surface area contributed by atoms with Crippen LogP contribution in [0.4, 0.5) is 4.79 Å². The number of carbonyl (C=O) groups excluding carboxylic acids is 4. The molecule has 55 heavy (non-hydrogen) atoms. The van der Waals surface area contributed by atoms with E-state index in [0.29, 0.717) is 22.1 Å². The van der Waals surface area contributed by atoms with Crippen molar-refractivity contribution in [2.45, 2.75) is 70.7 Å². The van der Waals surface area contributed by atoms with Crippen molar-refractivity contribution in [1.29, 1.82) is 0 Å². The first kappa shape index (κ1) is 40.6. The molecule has 13 nitrogen and oxygen atoms in total. The van der Waals surface area contributed by atoms with Crippen molar-refractivity contribution in [1.82, 2.24) is 25.2 Å². The number of aromatic nitrogens is 1. The summed E-state index contributed by atoms with van der Waals surface area (Å²) in [5, 5.41) is 6.63. The number of carbonyl (C=O) groups is 4. The van der Waals surface area contributed by atoms with Crippen LogP contribution in [0.15, 0.2) is 107 Å². The number of pyridine rings is 1. The minimum absolute atomic E-state index is 0.00348. The van der Waals surface area contributed by atoms with E-state index in [-0.39, 0.29) is 42.7 Å². The summed E-state index contributed by atoms with van der Waals surface area (Å²) < 4.78 is 41.0. The average molecular weight is 770 g/mol. The number of Topliss-reactive ketones (excluding diaryl/α,β-unsaturated/α-hetero) is 1. The Balaban J connectivity index is 1.27.